The van der Waals surface area contributed by atoms with Gasteiger partial charge < -0.3 is 10.4 Å². The van der Waals surface area contributed by atoms with E-state index in [-0.39, 0.29) is 18.8 Å². The molecule has 0 radical (unpaired) electrons. The van der Waals surface area contributed by atoms with E-state index in [1.54, 1.807) is 0 Å². The maximum absolute atomic E-state index is 12.7. The van der Waals surface area contributed by atoms with Crippen molar-refractivity contribution in [3.8, 4) is 0 Å². The molecule has 21 heavy (non-hydrogen) atoms. The molecule has 0 spiro atoms. The van der Waals surface area contributed by atoms with Gasteiger partial charge in [-0.3, -0.25) is 14.9 Å². The van der Waals surface area contributed by atoms with E-state index >= 15 is 0 Å². The third kappa shape index (κ3) is 5.60. The molecule has 0 saturated heterocycles. The largest absolute Gasteiger partial charge is 0.481 e. The van der Waals surface area contributed by atoms with Crippen LogP contribution in [0.15, 0.2) is 24.3 Å². The molecule has 0 aromatic heterocycles. The van der Waals surface area contributed by atoms with Crippen molar-refractivity contribution in [1.82, 2.24) is 10.6 Å². The summed E-state index contributed by atoms with van der Waals surface area (Å²) in [7, 11) is 0. The number of halogens is 1. The molecule has 1 aromatic rings. The molecule has 114 valence electrons. The van der Waals surface area contributed by atoms with Gasteiger partial charge in [0.1, 0.15) is 5.82 Å². The number of carbonyl (C=O) groups excluding carboxylic acids is 2. The maximum atomic E-state index is 12.7. The van der Waals surface area contributed by atoms with Gasteiger partial charge in [0.05, 0.1) is 5.41 Å². The van der Waals surface area contributed by atoms with Crippen molar-refractivity contribution in [2.45, 2.75) is 26.8 Å². The van der Waals surface area contributed by atoms with Crippen LogP contribution in [0.5, 0.6) is 0 Å². The predicted octanol–water partition coefficient (Wildman–Crippen LogP) is 1.65. The Bertz CT molecular complexity index is 540. The van der Waals surface area contributed by atoms with Gasteiger partial charge in [-0.15, -0.1) is 0 Å². The lowest BCUT2D eigenvalue weighted by Gasteiger charge is -2.17. The summed E-state index contributed by atoms with van der Waals surface area (Å²) in [5.74, 6) is -2.18. The molecule has 0 aliphatic carbocycles. The molecule has 0 atom stereocenters. The van der Waals surface area contributed by atoms with E-state index in [9.17, 15) is 18.8 Å². The summed E-state index contributed by atoms with van der Waals surface area (Å²) in [6.07, 6.45) is -0.313. The number of carboxylic acid groups (broad SMARTS) is 1. The lowest BCUT2D eigenvalue weighted by Crippen LogP contribution is -2.41. The second kappa shape index (κ2) is 6.83. The number of nitrogens with one attached hydrogen (secondary N) is 2. The zero-order chi connectivity index (χ0) is 16.0. The van der Waals surface area contributed by atoms with Crippen LogP contribution < -0.4 is 10.6 Å². The zero-order valence-electron chi connectivity index (χ0n) is 11.8. The molecule has 0 unspecified atom stereocenters. The minimum Gasteiger partial charge on any atom is -0.481 e. The SMILES string of the molecule is CC(C)(CC(=O)NC(=O)NCc1ccc(F)cc1)C(=O)O. The van der Waals surface area contributed by atoms with E-state index in [4.69, 9.17) is 5.11 Å². The average Bonchev–Trinajstić information content (AvgIpc) is 2.37. The molecular weight excluding hydrogens is 279 g/mol. The quantitative estimate of drug-likeness (QED) is 0.770. The second-order valence-corrected chi connectivity index (χ2v) is 5.22. The lowest BCUT2D eigenvalue weighted by atomic mass is 9.89. The normalized spacial score (nSPS) is 10.8. The first-order chi connectivity index (χ1) is 9.70. The summed E-state index contributed by atoms with van der Waals surface area (Å²) in [4.78, 5) is 33.9. The van der Waals surface area contributed by atoms with Crippen LogP contribution >= 0.6 is 0 Å². The molecule has 1 aromatic carbocycles. The first-order valence-electron chi connectivity index (χ1n) is 6.26. The Morgan fingerprint density at radius 1 is 1.19 bits per heavy atom. The summed E-state index contributed by atoms with van der Waals surface area (Å²) in [6.45, 7) is 2.92. The summed E-state index contributed by atoms with van der Waals surface area (Å²) in [5.41, 5.74) is -0.578. The average molecular weight is 296 g/mol. The van der Waals surface area contributed by atoms with Crippen LogP contribution in [-0.2, 0) is 16.1 Å². The fraction of sp³-hybridized carbons (Fsp3) is 0.357. The van der Waals surface area contributed by atoms with Crippen molar-refractivity contribution in [3.63, 3.8) is 0 Å². The molecule has 0 heterocycles. The first kappa shape index (κ1) is 16.6. The highest BCUT2D eigenvalue weighted by molar-refractivity contribution is 5.96. The number of rotatable bonds is 5. The van der Waals surface area contributed by atoms with Crippen molar-refractivity contribution >= 4 is 17.9 Å². The molecule has 1 rings (SSSR count). The Labute approximate surface area is 121 Å². The van der Waals surface area contributed by atoms with Crippen molar-refractivity contribution in [1.29, 1.82) is 0 Å². The van der Waals surface area contributed by atoms with E-state index in [2.05, 4.69) is 5.32 Å². The summed E-state index contributed by atoms with van der Waals surface area (Å²) < 4.78 is 12.7. The molecule has 6 nitrogen and oxygen atoms in total. The molecule has 3 amide bonds. The number of urea groups is 1. The van der Waals surface area contributed by atoms with Crippen molar-refractivity contribution < 1.29 is 23.9 Å². The van der Waals surface area contributed by atoms with E-state index in [0.29, 0.717) is 5.56 Å². The molecule has 0 fully saturated rings. The highest BCUT2D eigenvalue weighted by Gasteiger charge is 2.30. The predicted molar refractivity (Wildman–Crippen MR) is 72.8 cm³/mol. The van der Waals surface area contributed by atoms with Crippen LogP contribution in [0, 0.1) is 11.2 Å². The van der Waals surface area contributed by atoms with Crippen molar-refractivity contribution in [2.75, 3.05) is 0 Å². The van der Waals surface area contributed by atoms with Crippen LogP contribution in [0.4, 0.5) is 9.18 Å². The first-order valence-corrected chi connectivity index (χ1v) is 6.26. The van der Waals surface area contributed by atoms with E-state index < -0.39 is 23.3 Å². The Morgan fingerprint density at radius 2 is 1.76 bits per heavy atom. The fourth-order valence-electron chi connectivity index (χ4n) is 1.48. The zero-order valence-corrected chi connectivity index (χ0v) is 11.8. The highest BCUT2D eigenvalue weighted by Crippen LogP contribution is 2.19. The van der Waals surface area contributed by atoms with Gasteiger partial charge in [0.15, 0.2) is 0 Å². The highest BCUT2D eigenvalue weighted by atomic mass is 19.1. The summed E-state index contributed by atoms with van der Waals surface area (Å²) in [6, 6.07) is 4.80. The standard InChI is InChI=1S/C14H17FN2O4/c1-14(2,12(19)20)7-11(18)17-13(21)16-8-9-3-5-10(15)6-4-9/h3-6H,7-8H2,1-2H3,(H,19,20)(H2,16,17,18,21). The van der Waals surface area contributed by atoms with E-state index in [1.807, 2.05) is 5.32 Å². The fourth-order valence-corrected chi connectivity index (χ4v) is 1.48. The van der Waals surface area contributed by atoms with E-state index in [0.717, 1.165) is 0 Å². The molecule has 7 heteroatoms. The van der Waals surface area contributed by atoms with Gasteiger partial charge >= 0.3 is 12.0 Å². The van der Waals surface area contributed by atoms with Gasteiger partial charge in [-0.1, -0.05) is 12.1 Å². The number of carbonyl (C=O) groups is 3. The summed E-state index contributed by atoms with van der Waals surface area (Å²) in [5, 5.41) is 13.4. The van der Waals surface area contributed by atoms with Crippen molar-refractivity contribution in [3.05, 3.63) is 35.6 Å². The van der Waals surface area contributed by atoms with Gasteiger partial charge in [0.25, 0.3) is 0 Å². The summed E-state index contributed by atoms with van der Waals surface area (Å²) >= 11 is 0. The van der Waals surface area contributed by atoms with Crippen molar-refractivity contribution in [2.24, 2.45) is 5.41 Å². The molecule has 0 saturated carbocycles. The number of hydrogen-bond acceptors (Lipinski definition) is 3. The van der Waals surface area contributed by atoms with Crippen LogP contribution in [-0.4, -0.2) is 23.0 Å². The number of benzene rings is 1. The minimum atomic E-state index is -1.25. The van der Waals surface area contributed by atoms with Gasteiger partial charge in [0, 0.05) is 13.0 Å². The number of carboxylic acids is 1. The Balaban J connectivity index is 2.41. The third-order valence-electron chi connectivity index (χ3n) is 2.80. The number of imide groups is 1. The molecule has 0 bridgehead atoms. The molecular formula is C14H17FN2O4. The molecule has 3 N–H and O–H groups in total. The van der Waals surface area contributed by atoms with E-state index in [1.165, 1.54) is 38.1 Å². The third-order valence-corrected chi connectivity index (χ3v) is 2.80. The number of aliphatic carboxylic acids is 1. The monoisotopic (exact) mass is 296 g/mol. The Kier molecular flexibility index (Phi) is 5.40. The number of amides is 3. The second-order valence-electron chi connectivity index (χ2n) is 5.22. The van der Waals surface area contributed by atoms with Crippen LogP contribution in [0.25, 0.3) is 0 Å². The van der Waals surface area contributed by atoms with Gasteiger partial charge in [-0.25, -0.2) is 9.18 Å². The lowest BCUT2D eigenvalue weighted by molar-refractivity contribution is -0.149. The van der Waals surface area contributed by atoms with Gasteiger partial charge in [0.2, 0.25) is 5.91 Å². The molecule has 0 aliphatic heterocycles. The Hall–Kier alpha value is -2.44. The van der Waals surface area contributed by atoms with Crippen LogP contribution in [0.3, 0.4) is 0 Å². The minimum absolute atomic E-state index is 0.127. The van der Waals surface area contributed by atoms with Crippen LogP contribution in [0.2, 0.25) is 0 Å². The van der Waals surface area contributed by atoms with Crippen LogP contribution in [0.1, 0.15) is 25.8 Å². The topological polar surface area (TPSA) is 95.5 Å². The van der Waals surface area contributed by atoms with Gasteiger partial charge in [-0.2, -0.15) is 0 Å². The Morgan fingerprint density at radius 3 is 2.29 bits per heavy atom. The smallest absolute Gasteiger partial charge is 0.321 e. The number of hydrogen-bond donors (Lipinski definition) is 3. The maximum Gasteiger partial charge on any atom is 0.321 e. The van der Waals surface area contributed by atoms with Gasteiger partial charge in [-0.05, 0) is 31.5 Å². The molecule has 0 aliphatic rings.